The highest BCUT2D eigenvalue weighted by molar-refractivity contribution is 6.23. The third-order valence-corrected chi connectivity index (χ3v) is 13.8. The Morgan fingerprint density at radius 2 is 1.59 bits per heavy atom. The second kappa shape index (κ2) is 21.7. The lowest BCUT2D eigenvalue weighted by molar-refractivity contribution is -0.136. The zero-order chi connectivity index (χ0) is 49.8. The second-order valence-electron chi connectivity index (χ2n) is 18.3. The molecule has 1 atom stereocenters. The number of imide groups is 2. The monoisotopic (exact) mass is 983 g/mol. The van der Waals surface area contributed by atoms with Crippen molar-refractivity contribution < 1.29 is 51.8 Å². The number of anilines is 3. The van der Waals surface area contributed by atoms with Crippen molar-refractivity contribution in [2.24, 2.45) is 7.05 Å². The molecule has 0 spiro atoms. The summed E-state index contributed by atoms with van der Waals surface area (Å²) in [5.41, 5.74) is 5.67. The number of nitrogens with one attached hydrogen (secondary N) is 3. The van der Waals surface area contributed by atoms with E-state index in [9.17, 15) is 37.5 Å². The molecule has 7 heterocycles. The van der Waals surface area contributed by atoms with Crippen LogP contribution in [-0.4, -0.2) is 155 Å². The normalized spacial score (nSPS) is 18.2. The van der Waals surface area contributed by atoms with Crippen molar-refractivity contribution in [2.45, 2.75) is 76.4 Å². The summed E-state index contributed by atoms with van der Waals surface area (Å²) in [6.07, 6.45) is 4.54. The first-order valence-electron chi connectivity index (χ1n) is 24.3. The van der Waals surface area contributed by atoms with Crippen LogP contribution < -0.4 is 20.9 Å². The van der Waals surface area contributed by atoms with Crippen LogP contribution in [0.15, 0.2) is 42.7 Å². The predicted molar refractivity (Wildman–Crippen MR) is 253 cm³/mol. The van der Waals surface area contributed by atoms with E-state index in [1.54, 1.807) is 60.3 Å². The number of alkyl halides is 2. The third-order valence-electron chi connectivity index (χ3n) is 13.8. The lowest BCUT2D eigenvalue weighted by Gasteiger charge is -2.34. The summed E-state index contributed by atoms with van der Waals surface area (Å²) in [5, 5.41) is 17.6. The number of benzene rings is 2. The largest absolute Gasteiger partial charge is 0.383 e. The molecule has 2 aromatic carbocycles. The maximum Gasteiger partial charge on any atom is 0.317 e. The van der Waals surface area contributed by atoms with E-state index >= 15 is 0 Å². The number of rotatable bonds is 18. The van der Waals surface area contributed by atoms with E-state index < -0.39 is 36.1 Å². The van der Waals surface area contributed by atoms with E-state index in [1.165, 1.54) is 0 Å². The highest BCUT2D eigenvalue weighted by atomic mass is 19.3. The molecule has 0 bridgehead atoms. The predicted octanol–water partition coefficient (Wildman–Crippen LogP) is 4.12. The summed E-state index contributed by atoms with van der Waals surface area (Å²) in [4.78, 5) is 82.6. The van der Waals surface area contributed by atoms with Gasteiger partial charge in [-0.15, -0.1) is 0 Å². The number of nitrogens with zero attached hydrogens (tertiary/aromatic N) is 8. The second-order valence-corrected chi connectivity index (χ2v) is 18.3. The Morgan fingerprint density at radius 1 is 0.845 bits per heavy atom. The number of amides is 7. The first-order chi connectivity index (χ1) is 34.4. The van der Waals surface area contributed by atoms with Crippen LogP contribution in [0.3, 0.4) is 0 Å². The summed E-state index contributed by atoms with van der Waals surface area (Å²) in [6, 6.07) is 7.08. The quantitative estimate of drug-likeness (QED) is 0.0947. The average Bonchev–Trinajstić information content (AvgIpc) is 4.05. The molecule has 4 aromatic rings. The zero-order valence-corrected chi connectivity index (χ0v) is 39.9. The highest BCUT2D eigenvalue weighted by Crippen LogP contribution is 2.44. The maximum absolute atomic E-state index is 14.7. The van der Waals surface area contributed by atoms with Gasteiger partial charge in [0.05, 0.1) is 76.0 Å². The summed E-state index contributed by atoms with van der Waals surface area (Å²) in [5.74, 6) is -1.52. The van der Waals surface area contributed by atoms with E-state index in [2.05, 4.69) is 30.6 Å². The van der Waals surface area contributed by atoms with Crippen LogP contribution in [0.25, 0.3) is 11.1 Å². The molecular weight excluding hydrogens is 925 g/mol. The molecule has 2 aromatic heterocycles. The van der Waals surface area contributed by atoms with Crippen LogP contribution in [0.4, 0.5) is 30.8 Å². The Bertz CT molecular complexity index is 2680. The minimum absolute atomic E-state index is 0.00960. The van der Waals surface area contributed by atoms with Crippen LogP contribution in [0.1, 0.15) is 94.1 Å². The molecule has 0 saturated carbocycles. The number of halogens is 2. The van der Waals surface area contributed by atoms with Crippen molar-refractivity contribution in [3.63, 3.8) is 0 Å². The summed E-state index contributed by atoms with van der Waals surface area (Å²) in [7, 11) is 3.37. The summed E-state index contributed by atoms with van der Waals surface area (Å²) >= 11 is 0. The Labute approximate surface area is 408 Å². The molecule has 3 N–H and O–H groups in total. The van der Waals surface area contributed by atoms with E-state index in [-0.39, 0.29) is 60.5 Å². The van der Waals surface area contributed by atoms with Gasteiger partial charge in [0.1, 0.15) is 6.04 Å². The van der Waals surface area contributed by atoms with Crippen molar-refractivity contribution in [1.29, 1.82) is 0 Å². The van der Waals surface area contributed by atoms with Gasteiger partial charge < -0.3 is 39.5 Å². The Morgan fingerprint density at radius 3 is 2.31 bits per heavy atom. The van der Waals surface area contributed by atoms with Gasteiger partial charge in [-0.25, -0.2) is 13.6 Å². The van der Waals surface area contributed by atoms with Gasteiger partial charge in [-0.2, -0.15) is 10.2 Å². The zero-order valence-electron chi connectivity index (χ0n) is 39.9. The van der Waals surface area contributed by atoms with Crippen molar-refractivity contribution >= 4 is 52.8 Å². The van der Waals surface area contributed by atoms with Gasteiger partial charge in [-0.05, 0) is 73.6 Å². The first kappa shape index (κ1) is 49.2. The van der Waals surface area contributed by atoms with Crippen LogP contribution in [-0.2, 0) is 55.0 Å². The number of carbonyl (C=O) groups is 6. The lowest BCUT2D eigenvalue weighted by Crippen LogP contribution is -2.54. The molecule has 0 radical (unpaired) electrons. The average molecular weight is 984 g/mol. The van der Waals surface area contributed by atoms with Crippen molar-refractivity contribution in [3.05, 3.63) is 76.2 Å². The maximum atomic E-state index is 14.7. The highest BCUT2D eigenvalue weighted by Gasteiger charge is 2.45. The molecule has 7 amide bonds. The van der Waals surface area contributed by atoms with Gasteiger partial charge in [0.25, 0.3) is 18.2 Å². The summed E-state index contributed by atoms with van der Waals surface area (Å²) < 4.78 is 50.1. The number of piperidine rings is 2. The number of urea groups is 1. The fourth-order valence-electron chi connectivity index (χ4n) is 10.2. The molecule has 1 unspecified atom stereocenters. The number of hydrogen-bond donors (Lipinski definition) is 3. The van der Waals surface area contributed by atoms with Crippen LogP contribution in [0.5, 0.6) is 0 Å². The minimum Gasteiger partial charge on any atom is -0.383 e. The smallest absolute Gasteiger partial charge is 0.317 e. The van der Waals surface area contributed by atoms with Crippen molar-refractivity contribution in [3.8, 4) is 11.1 Å². The Balaban J connectivity index is 0.701. The summed E-state index contributed by atoms with van der Waals surface area (Å²) in [6.45, 7) is 4.92. The molecular formula is C49H59F2N11O9. The molecule has 20 nitrogen and oxygen atoms in total. The third kappa shape index (κ3) is 10.5. The molecule has 5 aliphatic rings. The van der Waals surface area contributed by atoms with E-state index in [1.807, 2.05) is 11.0 Å². The minimum atomic E-state index is -2.70. The number of likely N-dealkylation sites (tertiary alicyclic amines) is 1. The molecule has 378 valence electrons. The number of ether oxygens (including phenoxy) is 3. The van der Waals surface area contributed by atoms with Crippen LogP contribution in [0, 0.1) is 0 Å². The van der Waals surface area contributed by atoms with Gasteiger partial charge >= 0.3 is 6.03 Å². The first-order valence-corrected chi connectivity index (χ1v) is 24.3. The van der Waals surface area contributed by atoms with Crippen LogP contribution >= 0.6 is 0 Å². The molecule has 9 rings (SSSR count). The number of aromatic nitrogens is 4. The fourth-order valence-corrected chi connectivity index (χ4v) is 10.2. The number of hydrogen-bond acceptors (Lipinski definition) is 13. The molecule has 0 aliphatic carbocycles. The van der Waals surface area contributed by atoms with Gasteiger partial charge in [-0.1, -0.05) is 0 Å². The van der Waals surface area contributed by atoms with Crippen molar-refractivity contribution in [1.82, 2.24) is 44.9 Å². The topological polar surface area (TPSA) is 215 Å². The van der Waals surface area contributed by atoms with Gasteiger partial charge in [-0.3, -0.25) is 43.6 Å². The number of fused-ring (bicyclic) bond motifs is 3. The Kier molecular flexibility index (Phi) is 15.0. The van der Waals surface area contributed by atoms with E-state index in [0.29, 0.717) is 120 Å². The lowest BCUT2D eigenvalue weighted by atomic mass is 9.92. The number of aryl methyl sites for hydroxylation is 2. The SMILES string of the molecule is CNC(=O)N1CCc2c(c(N3CCCc4cc(-c5cnn(C)c5)c(C(F)F)cc43)nn2C2CCN(C(=O)CCOCCOCCOCCNc3ccc4c(c3)C(=O)N(C3CCC(=O)NC3=O)C4=O)CC2)C1. The standard InChI is InChI=1S/C49H59F2N11O9/c1-52-49(68)59-17-11-39-38(29-59)45(60-14-3-4-30-24-35(31-27-54-57(2)28-31)36(44(50)51)26-41(30)60)56-62(39)33-9-15-58(16-10-33)43(64)12-18-69-20-22-71-23-21-70-19-13-53-32-5-6-34-37(25-32)48(67)61(47(34)66)40-7-8-42(63)55-46(40)65/h5-6,24-28,33,40,44,53H,3-4,7-23,29H2,1-2H3,(H,52,68)(H,55,63,65). The van der Waals surface area contributed by atoms with Crippen molar-refractivity contribution in [2.75, 3.05) is 89.6 Å². The fraction of sp³-hybridized carbons (Fsp3) is 0.510. The Hall–Kier alpha value is -6.78. The molecule has 22 heteroatoms. The van der Waals surface area contributed by atoms with Crippen LogP contribution in [0.2, 0.25) is 0 Å². The molecule has 2 fully saturated rings. The molecule has 71 heavy (non-hydrogen) atoms. The van der Waals surface area contributed by atoms with E-state index in [0.717, 1.165) is 34.6 Å². The molecule has 2 saturated heterocycles. The van der Waals surface area contributed by atoms with Gasteiger partial charge in [0.2, 0.25) is 17.7 Å². The van der Waals surface area contributed by atoms with Gasteiger partial charge in [0, 0.05) is 99.6 Å². The van der Waals surface area contributed by atoms with E-state index in [4.69, 9.17) is 19.3 Å². The van der Waals surface area contributed by atoms with Gasteiger partial charge in [0.15, 0.2) is 5.82 Å². The number of carbonyl (C=O) groups excluding carboxylic acids is 6. The molecule has 5 aliphatic heterocycles.